The largest absolute Gasteiger partial charge is 0.504 e. The van der Waals surface area contributed by atoms with Gasteiger partial charge in [0, 0.05) is 0 Å². The quantitative estimate of drug-likeness (QED) is 0.378. The molecular weight excluding hydrogens is 284 g/mol. The minimum atomic E-state index is -1.30. The maximum absolute atomic E-state index is 5.13. The molecule has 1 saturated carbocycles. The van der Waals surface area contributed by atoms with Gasteiger partial charge in [-0.25, -0.2) is 0 Å². The number of methoxy groups -OCH3 is 1. The normalized spacial score (nSPS) is 20.9. The van der Waals surface area contributed by atoms with Crippen LogP contribution >= 0.6 is 0 Å². The second kappa shape index (κ2) is 8.38. The van der Waals surface area contributed by atoms with E-state index in [-0.39, 0.29) is 0 Å². The summed E-state index contributed by atoms with van der Waals surface area (Å²) in [7, 11) is 0.456. The fraction of sp³-hybridized carbons (Fsp3) is 0.500. The molecule has 1 aliphatic rings. The Morgan fingerprint density at radius 2 is 1.95 bits per heavy atom. The fourth-order valence-corrected chi connectivity index (χ4v) is 5.41. The molecule has 1 nitrogen and oxygen atoms in total. The molecule has 1 fully saturated rings. The van der Waals surface area contributed by atoms with Crippen LogP contribution in [0.1, 0.15) is 32.1 Å². The maximum Gasteiger partial charge on any atom is 0.0843 e. The minimum absolute atomic E-state index is 0.866. The molecule has 2 rings (SSSR count). The van der Waals surface area contributed by atoms with Crippen LogP contribution in [-0.4, -0.2) is 15.2 Å². The zero-order valence-corrected chi connectivity index (χ0v) is 15.3. The Hall–Kier alpha value is -1.28. The Morgan fingerprint density at radius 3 is 2.68 bits per heavy atom. The highest BCUT2D eigenvalue weighted by molar-refractivity contribution is 6.90. The van der Waals surface area contributed by atoms with Gasteiger partial charge in [0.2, 0.25) is 0 Å². The van der Waals surface area contributed by atoms with E-state index in [2.05, 4.69) is 55.6 Å². The maximum atomic E-state index is 5.13. The van der Waals surface area contributed by atoms with E-state index in [1.807, 2.05) is 6.26 Å². The van der Waals surface area contributed by atoms with Crippen molar-refractivity contribution in [1.82, 2.24) is 0 Å². The van der Waals surface area contributed by atoms with Crippen LogP contribution in [0.15, 0.2) is 54.3 Å². The number of rotatable bonds is 7. The van der Waals surface area contributed by atoms with Crippen molar-refractivity contribution in [2.24, 2.45) is 5.92 Å². The summed E-state index contributed by atoms with van der Waals surface area (Å²) in [6, 6.07) is 12.3. The van der Waals surface area contributed by atoms with Crippen molar-refractivity contribution < 1.29 is 4.74 Å². The number of allylic oxidation sites excluding steroid dienone is 3. The fourth-order valence-electron chi connectivity index (χ4n) is 3.32. The lowest BCUT2D eigenvalue weighted by molar-refractivity contribution is 0.332. The molecule has 0 aliphatic heterocycles. The van der Waals surface area contributed by atoms with Crippen molar-refractivity contribution >= 4 is 13.3 Å². The van der Waals surface area contributed by atoms with Crippen LogP contribution in [0.5, 0.6) is 0 Å². The van der Waals surface area contributed by atoms with Crippen molar-refractivity contribution in [3.8, 4) is 0 Å². The lowest BCUT2D eigenvalue weighted by atomic mass is 10.0. The summed E-state index contributed by atoms with van der Waals surface area (Å²) < 4.78 is 5.13. The van der Waals surface area contributed by atoms with E-state index in [1.165, 1.54) is 43.7 Å². The average Bonchev–Trinajstić information content (AvgIpc) is 2.96. The van der Waals surface area contributed by atoms with Gasteiger partial charge in [0.25, 0.3) is 0 Å². The van der Waals surface area contributed by atoms with Gasteiger partial charge in [0.1, 0.15) is 0 Å². The van der Waals surface area contributed by atoms with E-state index in [0.717, 1.165) is 5.92 Å². The van der Waals surface area contributed by atoms with Crippen LogP contribution < -0.4 is 5.19 Å². The predicted octanol–water partition coefficient (Wildman–Crippen LogP) is 5.27. The molecule has 120 valence electrons. The number of hydrogen-bond donors (Lipinski definition) is 0. The van der Waals surface area contributed by atoms with Gasteiger partial charge >= 0.3 is 0 Å². The second-order valence-corrected chi connectivity index (χ2v) is 11.9. The number of benzene rings is 1. The summed E-state index contributed by atoms with van der Waals surface area (Å²) in [5, 5.41) is 1.56. The molecule has 1 atom stereocenters. The number of ether oxygens (including phenoxy) is 1. The van der Waals surface area contributed by atoms with E-state index in [1.54, 1.807) is 12.3 Å². The van der Waals surface area contributed by atoms with Gasteiger partial charge in [-0.3, -0.25) is 0 Å². The van der Waals surface area contributed by atoms with E-state index in [0.29, 0.717) is 0 Å². The molecular formula is C20H30OSi. The third kappa shape index (κ3) is 5.17. The molecule has 0 N–H and O–H groups in total. The van der Waals surface area contributed by atoms with Crippen LogP contribution in [0.2, 0.25) is 19.1 Å². The highest BCUT2D eigenvalue weighted by Crippen LogP contribution is 2.33. The Kier molecular flexibility index (Phi) is 6.50. The Morgan fingerprint density at radius 1 is 1.18 bits per heavy atom. The molecule has 0 radical (unpaired) electrons. The van der Waals surface area contributed by atoms with Crippen LogP contribution in [0.4, 0.5) is 0 Å². The first kappa shape index (κ1) is 17.1. The first-order valence-corrected chi connectivity index (χ1v) is 11.7. The van der Waals surface area contributed by atoms with Gasteiger partial charge in [-0.1, -0.05) is 60.8 Å². The van der Waals surface area contributed by atoms with Crippen LogP contribution in [0.25, 0.3) is 0 Å². The molecule has 1 aliphatic carbocycles. The van der Waals surface area contributed by atoms with Crippen LogP contribution in [0, 0.1) is 5.92 Å². The molecule has 0 saturated heterocycles. The van der Waals surface area contributed by atoms with Gasteiger partial charge in [0.05, 0.1) is 21.4 Å². The minimum Gasteiger partial charge on any atom is -0.504 e. The van der Waals surface area contributed by atoms with Crippen molar-refractivity contribution in [1.29, 1.82) is 0 Å². The predicted molar refractivity (Wildman–Crippen MR) is 99.2 cm³/mol. The van der Waals surface area contributed by atoms with Crippen LogP contribution in [0.3, 0.4) is 0 Å². The number of hydrogen-bond acceptors (Lipinski definition) is 1. The van der Waals surface area contributed by atoms with Gasteiger partial charge in [-0.05, 0) is 49.6 Å². The second-order valence-electron chi connectivity index (χ2n) is 7.12. The molecule has 0 heterocycles. The summed E-state index contributed by atoms with van der Waals surface area (Å²) in [6.07, 6.45) is 13.2. The van der Waals surface area contributed by atoms with Crippen molar-refractivity contribution in [3.05, 3.63) is 54.3 Å². The van der Waals surface area contributed by atoms with Crippen molar-refractivity contribution in [2.45, 2.75) is 51.2 Å². The first-order chi connectivity index (χ1) is 10.6. The average molecular weight is 315 g/mol. The Bertz CT molecular complexity index is 502. The van der Waals surface area contributed by atoms with Gasteiger partial charge < -0.3 is 4.74 Å². The van der Waals surface area contributed by atoms with Crippen molar-refractivity contribution in [2.75, 3.05) is 7.11 Å². The highest BCUT2D eigenvalue weighted by atomic mass is 28.3. The molecule has 0 spiro atoms. The zero-order chi connectivity index (χ0) is 15.8. The smallest absolute Gasteiger partial charge is 0.0843 e. The Balaban J connectivity index is 1.71. The van der Waals surface area contributed by atoms with Gasteiger partial charge in [0.15, 0.2) is 0 Å². The van der Waals surface area contributed by atoms with E-state index < -0.39 is 8.07 Å². The molecule has 2 heteroatoms. The molecule has 0 amide bonds. The van der Waals surface area contributed by atoms with Crippen molar-refractivity contribution in [3.63, 3.8) is 0 Å². The lowest BCUT2D eigenvalue weighted by Gasteiger charge is -2.21. The summed E-state index contributed by atoms with van der Waals surface area (Å²) >= 11 is 0. The third-order valence-electron chi connectivity index (χ3n) is 4.80. The standard InChI is InChI=1S/C20H30OSi/c1-21-17-19-14-13-18(16-19)10-6-5-9-15-22(2,3)20-11-7-4-8-12-20/h4-5,7-9,11-12,17-18H,6,10,13-16H2,1-3H3/b9-5+,19-17-. The highest BCUT2D eigenvalue weighted by Gasteiger charge is 2.21. The van der Waals surface area contributed by atoms with E-state index in [4.69, 9.17) is 4.74 Å². The monoisotopic (exact) mass is 314 g/mol. The summed E-state index contributed by atoms with van der Waals surface area (Å²) in [5.41, 5.74) is 1.49. The molecule has 1 unspecified atom stereocenters. The molecule has 0 bridgehead atoms. The molecule has 1 aromatic carbocycles. The molecule has 1 aromatic rings. The zero-order valence-electron chi connectivity index (χ0n) is 14.3. The summed E-state index contributed by atoms with van der Waals surface area (Å²) in [6.45, 7) is 4.93. The third-order valence-corrected chi connectivity index (χ3v) is 7.95. The van der Waals surface area contributed by atoms with Crippen LogP contribution in [-0.2, 0) is 4.74 Å². The molecule has 0 aromatic heterocycles. The summed E-state index contributed by atoms with van der Waals surface area (Å²) in [5.74, 6) is 0.866. The topological polar surface area (TPSA) is 9.23 Å². The Labute approximate surface area is 137 Å². The van der Waals surface area contributed by atoms with Gasteiger partial charge in [-0.2, -0.15) is 0 Å². The van der Waals surface area contributed by atoms with Gasteiger partial charge in [-0.15, -0.1) is 0 Å². The molecule has 22 heavy (non-hydrogen) atoms. The SMILES string of the molecule is CO/C=C1/CCC(CC/C=C/C[Si](C)(C)c2ccccc2)C1. The van der Waals surface area contributed by atoms with E-state index >= 15 is 0 Å². The lowest BCUT2D eigenvalue weighted by Crippen LogP contribution is -2.40. The van der Waals surface area contributed by atoms with E-state index in [9.17, 15) is 0 Å². The summed E-state index contributed by atoms with van der Waals surface area (Å²) in [4.78, 5) is 0. The first-order valence-electron chi connectivity index (χ1n) is 8.53.